The number of nitrogens with one attached hydrogen (secondary N) is 1. The fourth-order valence-corrected chi connectivity index (χ4v) is 2.28. The molecule has 2 aliphatic rings. The first-order valence-electron chi connectivity index (χ1n) is 6.93. The molecule has 5 nitrogen and oxygen atoms in total. The summed E-state index contributed by atoms with van der Waals surface area (Å²) in [5.41, 5.74) is 1.32. The minimum absolute atomic E-state index is 0.210. The molecule has 0 spiro atoms. The summed E-state index contributed by atoms with van der Waals surface area (Å²) in [5, 5.41) is 12.0. The molecule has 0 bridgehead atoms. The number of hydrogen-bond acceptors (Lipinski definition) is 5. The van der Waals surface area contributed by atoms with E-state index >= 15 is 0 Å². The number of aliphatic imine (C=N–C) groups is 2. The lowest BCUT2D eigenvalue weighted by molar-refractivity contribution is 0.636. The Morgan fingerprint density at radius 2 is 1.89 bits per heavy atom. The van der Waals surface area contributed by atoms with Crippen LogP contribution >= 0.6 is 0 Å². The zero-order valence-electron chi connectivity index (χ0n) is 11.4. The van der Waals surface area contributed by atoms with Crippen molar-refractivity contribution in [3.63, 3.8) is 0 Å². The first kappa shape index (κ1) is 13.2. The van der Waals surface area contributed by atoms with E-state index in [0.717, 1.165) is 44.7 Å². The third-order valence-corrected chi connectivity index (χ3v) is 3.18. The van der Waals surface area contributed by atoms with Gasteiger partial charge in [0.1, 0.15) is 0 Å². The van der Waals surface area contributed by atoms with E-state index in [-0.39, 0.29) is 12.1 Å². The van der Waals surface area contributed by atoms with Crippen LogP contribution < -0.4 is 5.32 Å². The van der Waals surface area contributed by atoms with Crippen LogP contribution in [0, 0.1) is 0 Å². The van der Waals surface area contributed by atoms with Crippen molar-refractivity contribution in [3.05, 3.63) is 0 Å². The van der Waals surface area contributed by atoms with Crippen molar-refractivity contribution in [2.24, 2.45) is 20.2 Å². The Morgan fingerprint density at radius 1 is 1.11 bits per heavy atom. The van der Waals surface area contributed by atoms with Crippen molar-refractivity contribution < 1.29 is 0 Å². The van der Waals surface area contributed by atoms with Crippen molar-refractivity contribution in [1.82, 2.24) is 5.32 Å². The molecule has 0 amide bonds. The van der Waals surface area contributed by atoms with Crippen molar-refractivity contribution in [2.75, 3.05) is 19.6 Å². The number of rotatable bonds is 6. The number of hydrogen-bond donors (Lipinski definition) is 1. The molecule has 100 valence electrons. The first-order valence-corrected chi connectivity index (χ1v) is 6.93. The third kappa shape index (κ3) is 4.20. The van der Waals surface area contributed by atoms with Crippen LogP contribution in [0.5, 0.6) is 0 Å². The number of amidine groups is 1. The number of nitrogens with zero attached hydrogens (tertiary/aromatic N) is 4. The highest BCUT2D eigenvalue weighted by atomic mass is 15.1. The van der Waals surface area contributed by atoms with E-state index in [0.29, 0.717) is 0 Å². The quantitative estimate of drug-likeness (QED) is 0.721. The fourth-order valence-electron chi connectivity index (χ4n) is 2.28. The highest BCUT2D eigenvalue weighted by Crippen LogP contribution is 2.12. The van der Waals surface area contributed by atoms with E-state index in [2.05, 4.69) is 39.4 Å². The molecule has 0 aromatic heterocycles. The predicted molar refractivity (Wildman–Crippen MR) is 74.9 cm³/mol. The molecule has 2 rings (SSSR count). The van der Waals surface area contributed by atoms with Gasteiger partial charge in [0.15, 0.2) is 0 Å². The van der Waals surface area contributed by atoms with Gasteiger partial charge in [-0.25, -0.2) is 0 Å². The first-order chi connectivity index (χ1) is 8.74. The SMILES string of the molecule is CC(CC1=NCCC1)N=NC(C)CC1=NCCN1. The van der Waals surface area contributed by atoms with Gasteiger partial charge in [-0.1, -0.05) is 0 Å². The molecule has 1 N–H and O–H groups in total. The molecule has 0 saturated heterocycles. The normalized spacial score (nSPS) is 22.8. The highest BCUT2D eigenvalue weighted by molar-refractivity contribution is 5.86. The summed E-state index contributed by atoms with van der Waals surface area (Å²) in [7, 11) is 0. The van der Waals surface area contributed by atoms with Crippen molar-refractivity contribution in [2.45, 2.75) is 51.6 Å². The van der Waals surface area contributed by atoms with Crippen molar-refractivity contribution in [1.29, 1.82) is 0 Å². The van der Waals surface area contributed by atoms with Crippen LogP contribution in [-0.4, -0.2) is 43.3 Å². The van der Waals surface area contributed by atoms with Gasteiger partial charge in [0.05, 0.1) is 24.5 Å². The van der Waals surface area contributed by atoms with Crippen LogP contribution in [0.4, 0.5) is 0 Å². The van der Waals surface area contributed by atoms with E-state index in [1.165, 1.54) is 12.1 Å². The molecule has 0 aliphatic carbocycles. The standard InChI is InChI=1S/C13H23N5/c1-10(8-12-4-3-5-14-12)17-18-11(2)9-13-15-6-7-16-13/h10-11H,3-9H2,1-2H3,(H,15,16). The van der Waals surface area contributed by atoms with E-state index in [9.17, 15) is 0 Å². The van der Waals surface area contributed by atoms with E-state index in [4.69, 9.17) is 0 Å². The second-order valence-electron chi connectivity index (χ2n) is 5.14. The van der Waals surface area contributed by atoms with Crippen molar-refractivity contribution in [3.8, 4) is 0 Å². The molecule has 0 aromatic rings. The van der Waals surface area contributed by atoms with Crippen LogP contribution in [0.3, 0.4) is 0 Å². The third-order valence-electron chi connectivity index (χ3n) is 3.18. The maximum Gasteiger partial charge on any atom is 0.0986 e. The van der Waals surface area contributed by atoms with Gasteiger partial charge in [-0.15, -0.1) is 0 Å². The molecule has 2 atom stereocenters. The van der Waals surface area contributed by atoms with Gasteiger partial charge in [-0.3, -0.25) is 9.98 Å². The molecule has 0 fully saturated rings. The fraction of sp³-hybridized carbons (Fsp3) is 0.846. The second kappa shape index (κ2) is 6.61. The zero-order valence-corrected chi connectivity index (χ0v) is 11.4. The average Bonchev–Trinajstić information content (AvgIpc) is 2.99. The Labute approximate surface area is 109 Å². The van der Waals surface area contributed by atoms with Gasteiger partial charge in [0.2, 0.25) is 0 Å². The summed E-state index contributed by atoms with van der Waals surface area (Å²) in [6, 6.07) is 0.463. The Balaban J connectivity index is 1.71. The molecule has 5 heteroatoms. The van der Waals surface area contributed by atoms with E-state index in [1.807, 2.05) is 0 Å². The summed E-state index contributed by atoms with van der Waals surface area (Å²) in [6.07, 6.45) is 4.20. The molecular formula is C13H23N5. The van der Waals surface area contributed by atoms with Crippen LogP contribution in [0.15, 0.2) is 20.2 Å². The molecule has 0 saturated carbocycles. The summed E-state index contributed by atoms with van der Waals surface area (Å²) >= 11 is 0. The van der Waals surface area contributed by atoms with Gasteiger partial charge in [0, 0.05) is 31.6 Å². The minimum atomic E-state index is 0.210. The molecular weight excluding hydrogens is 226 g/mol. The monoisotopic (exact) mass is 249 g/mol. The van der Waals surface area contributed by atoms with Gasteiger partial charge >= 0.3 is 0 Å². The molecule has 2 aliphatic heterocycles. The lowest BCUT2D eigenvalue weighted by Gasteiger charge is -2.08. The molecule has 0 radical (unpaired) electrons. The Bertz CT molecular complexity index is 324. The Kier molecular flexibility index (Phi) is 4.84. The van der Waals surface area contributed by atoms with Gasteiger partial charge < -0.3 is 5.32 Å². The minimum Gasteiger partial charge on any atom is -0.372 e. The van der Waals surface area contributed by atoms with Gasteiger partial charge in [-0.2, -0.15) is 10.2 Å². The number of azo groups is 1. The summed E-state index contributed by atoms with van der Waals surface area (Å²) in [4.78, 5) is 8.84. The van der Waals surface area contributed by atoms with Crippen molar-refractivity contribution >= 4 is 11.5 Å². The molecule has 2 heterocycles. The summed E-state index contributed by atoms with van der Waals surface area (Å²) in [5.74, 6) is 1.08. The van der Waals surface area contributed by atoms with E-state index in [1.54, 1.807) is 0 Å². The van der Waals surface area contributed by atoms with Crippen LogP contribution in [-0.2, 0) is 0 Å². The molecule has 18 heavy (non-hydrogen) atoms. The average molecular weight is 249 g/mol. The van der Waals surface area contributed by atoms with Crippen LogP contribution in [0.2, 0.25) is 0 Å². The lowest BCUT2D eigenvalue weighted by atomic mass is 10.1. The van der Waals surface area contributed by atoms with E-state index < -0.39 is 0 Å². The molecule has 0 aromatic carbocycles. The Hall–Kier alpha value is -1.26. The predicted octanol–water partition coefficient (Wildman–Crippen LogP) is 2.23. The largest absolute Gasteiger partial charge is 0.372 e. The van der Waals surface area contributed by atoms with Crippen LogP contribution in [0.25, 0.3) is 0 Å². The summed E-state index contributed by atoms with van der Waals surface area (Å²) < 4.78 is 0. The molecule has 2 unspecified atom stereocenters. The van der Waals surface area contributed by atoms with Gasteiger partial charge in [0.25, 0.3) is 0 Å². The summed E-state index contributed by atoms with van der Waals surface area (Å²) in [6.45, 7) is 7.07. The smallest absolute Gasteiger partial charge is 0.0986 e. The Morgan fingerprint density at radius 3 is 2.50 bits per heavy atom. The maximum absolute atomic E-state index is 4.47. The second-order valence-corrected chi connectivity index (χ2v) is 5.14. The zero-order chi connectivity index (χ0) is 12.8. The van der Waals surface area contributed by atoms with Crippen LogP contribution in [0.1, 0.15) is 39.5 Å². The topological polar surface area (TPSA) is 61.5 Å². The van der Waals surface area contributed by atoms with Gasteiger partial charge in [-0.05, 0) is 26.7 Å². The highest BCUT2D eigenvalue weighted by Gasteiger charge is 2.12. The maximum atomic E-state index is 4.47. The lowest BCUT2D eigenvalue weighted by Crippen LogP contribution is -2.21.